The largest absolute Gasteiger partial charge is 0.454 e. The highest BCUT2D eigenvalue weighted by atomic mass is 16.7. The number of anilines is 1. The minimum absolute atomic E-state index is 0.159. The number of fused-ring (bicyclic) bond motifs is 1. The quantitative estimate of drug-likeness (QED) is 0.748. The van der Waals surface area contributed by atoms with E-state index in [9.17, 15) is 9.59 Å². The van der Waals surface area contributed by atoms with Crippen LogP contribution in [0.15, 0.2) is 54.7 Å². The highest BCUT2D eigenvalue weighted by Crippen LogP contribution is 2.32. The molecular formula is C18H14N4O4. The second-order valence-electron chi connectivity index (χ2n) is 5.58. The molecule has 8 nitrogen and oxygen atoms in total. The molecule has 0 bridgehead atoms. The fourth-order valence-electron chi connectivity index (χ4n) is 2.54. The van der Waals surface area contributed by atoms with E-state index in [0.717, 1.165) is 5.69 Å². The second-order valence-corrected chi connectivity index (χ2v) is 5.58. The summed E-state index contributed by atoms with van der Waals surface area (Å²) in [7, 11) is 0. The average molecular weight is 350 g/mol. The lowest BCUT2D eigenvalue weighted by Crippen LogP contribution is -2.12. The fourth-order valence-corrected chi connectivity index (χ4v) is 2.54. The van der Waals surface area contributed by atoms with E-state index in [4.69, 9.17) is 15.2 Å². The Bertz CT molecular complexity index is 995. The minimum Gasteiger partial charge on any atom is -0.454 e. The van der Waals surface area contributed by atoms with E-state index in [1.165, 1.54) is 10.7 Å². The lowest BCUT2D eigenvalue weighted by atomic mass is 10.2. The highest BCUT2D eigenvalue weighted by Gasteiger charge is 2.16. The summed E-state index contributed by atoms with van der Waals surface area (Å²) in [5.41, 5.74) is 7.21. The van der Waals surface area contributed by atoms with Crippen LogP contribution in [0.25, 0.3) is 5.69 Å². The summed E-state index contributed by atoms with van der Waals surface area (Å²) in [6.45, 7) is 0.159. The van der Waals surface area contributed by atoms with E-state index in [1.54, 1.807) is 48.7 Å². The molecule has 0 radical (unpaired) electrons. The van der Waals surface area contributed by atoms with Gasteiger partial charge in [0.2, 0.25) is 6.79 Å². The lowest BCUT2D eigenvalue weighted by molar-refractivity contribution is 0.0993. The summed E-state index contributed by atoms with van der Waals surface area (Å²) in [4.78, 5) is 23.5. The van der Waals surface area contributed by atoms with Gasteiger partial charge in [0.25, 0.3) is 11.8 Å². The minimum atomic E-state index is -0.587. The van der Waals surface area contributed by atoms with Gasteiger partial charge in [-0.05, 0) is 48.5 Å². The molecule has 3 N–H and O–H groups in total. The van der Waals surface area contributed by atoms with Crippen LogP contribution in [-0.4, -0.2) is 28.4 Å². The molecule has 2 amide bonds. The van der Waals surface area contributed by atoms with Crippen molar-refractivity contribution in [3.05, 3.63) is 66.0 Å². The number of ether oxygens (including phenoxy) is 2. The number of hydrogen-bond donors (Lipinski definition) is 2. The van der Waals surface area contributed by atoms with Gasteiger partial charge in [0.1, 0.15) is 5.69 Å². The van der Waals surface area contributed by atoms with Crippen LogP contribution < -0.4 is 20.5 Å². The summed E-state index contributed by atoms with van der Waals surface area (Å²) < 4.78 is 12.0. The van der Waals surface area contributed by atoms with Crippen LogP contribution >= 0.6 is 0 Å². The SMILES string of the molecule is NC(=O)c1ccn(-c2ccc(NC(=O)c3ccc4c(c3)OCO4)cc2)n1. The Labute approximate surface area is 148 Å². The van der Waals surface area contributed by atoms with Crippen LogP contribution in [-0.2, 0) is 0 Å². The van der Waals surface area contributed by atoms with Gasteiger partial charge in [0.15, 0.2) is 11.5 Å². The molecule has 8 heteroatoms. The van der Waals surface area contributed by atoms with Gasteiger partial charge in [-0.1, -0.05) is 0 Å². The number of hydrogen-bond acceptors (Lipinski definition) is 5. The zero-order valence-electron chi connectivity index (χ0n) is 13.5. The van der Waals surface area contributed by atoms with Gasteiger partial charge in [-0.2, -0.15) is 5.10 Å². The van der Waals surface area contributed by atoms with E-state index in [0.29, 0.717) is 22.7 Å². The van der Waals surface area contributed by atoms with Crippen molar-refractivity contribution in [2.45, 2.75) is 0 Å². The van der Waals surface area contributed by atoms with Crippen molar-refractivity contribution in [1.29, 1.82) is 0 Å². The molecule has 26 heavy (non-hydrogen) atoms. The van der Waals surface area contributed by atoms with E-state index in [-0.39, 0.29) is 18.4 Å². The molecule has 1 aliphatic rings. The molecule has 1 aromatic heterocycles. The standard InChI is InChI=1S/C18H14N4O4/c19-17(23)14-7-8-22(21-14)13-4-2-12(3-5-13)20-18(24)11-1-6-15-16(9-11)26-10-25-15/h1-9H,10H2,(H2,19,23)(H,20,24). The Hall–Kier alpha value is -3.81. The fraction of sp³-hybridized carbons (Fsp3) is 0.0556. The van der Waals surface area contributed by atoms with E-state index in [1.807, 2.05) is 0 Å². The second kappa shape index (κ2) is 6.25. The number of amides is 2. The summed E-state index contributed by atoms with van der Waals surface area (Å²) in [6.07, 6.45) is 1.64. The first-order valence-electron chi connectivity index (χ1n) is 7.77. The van der Waals surface area contributed by atoms with Crippen LogP contribution in [0, 0.1) is 0 Å². The lowest BCUT2D eigenvalue weighted by Gasteiger charge is -2.07. The van der Waals surface area contributed by atoms with Crippen molar-refractivity contribution < 1.29 is 19.1 Å². The number of nitrogens with zero attached hydrogens (tertiary/aromatic N) is 2. The summed E-state index contributed by atoms with van der Waals surface area (Å²) in [6, 6.07) is 13.6. The predicted molar refractivity (Wildman–Crippen MR) is 92.6 cm³/mol. The topological polar surface area (TPSA) is 108 Å². The third-order valence-electron chi connectivity index (χ3n) is 3.87. The molecule has 2 heterocycles. The molecule has 0 fully saturated rings. The van der Waals surface area contributed by atoms with E-state index in [2.05, 4.69) is 10.4 Å². The molecule has 0 spiro atoms. The Morgan fingerprint density at radius 3 is 2.54 bits per heavy atom. The Balaban J connectivity index is 1.48. The first-order chi connectivity index (χ1) is 12.6. The Kier molecular flexibility index (Phi) is 3.77. The molecule has 130 valence electrons. The Morgan fingerprint density at radius 1 is 1.04 bits per heavy atom. The smallest absolute Gasteiger partial charge is 0.269 e. The van der Waals surface area contributed by atoms with Crippen molar-refractivity contribution in [1.82, 2.24) is 9.78 Å². The summed E-state index contributed by atoms with van der Waals surface area (Å²) >= 11 is 0. The molecule has 3 aromatic rings. The number of nitrogens with one attached hydrogen (secondary N) is 1. The van der Waals surface area contributed by atoms with Crippen molar-refractivity contribution in [2.75, 3.05) is 12.1 Å². The van der Waals surface area contributed by atoms with Crippen LogP contribution in [0.4, 0.5) is 5.69 Å². The first-order valence-corrected chi connectivity index (χ1v) is 7.77. The zero-order chi connectivity index (χ0) is 18.1. The molecule has 0 saturated carbocycles. The Morgan fingerprint density at radius 2 is 1.81 bits per heavy atom. The number of carbonyl (C=O) groups is 2. The number of rotatable bonds is 4. The maximum absolute atomic E-state index is 12.4. The number of benzene rings is 2. The molecule has 2 aromatic carbocycles. The maximum Gasteiger partial charge on any atom is 0.269 e. The van der Waals surface area contributed by atoms with Crippen LogP contribution in [0.1, 0.15) is 20.8 Å². The van der Waals surface area contributed by atoms with Gasteiger partial charge < -0.3 is 20.5 Å². The number of nitrogens with two attached hydrogens (primary N) is 1. The van der Waals surface area contributed by atoms with Crippen molar-refractivity contribution in [3.63, 3.8) is 0 Å². The third-order valence-corrected chi connectivity index (χ3v) is 3.87. The molecule has 0 atom stereocenters. The molecule has 0 aliphatic carbocycles. The van der Waals surface area contributed by atoms with Crippen molar-refractivity contribution in [2.24, 2.45) is 5.73 Å². The molecular weight excluding hydrogens is 336 g/mol. The van der Waals surface area contributed by atoms with Gasteiger partial charge in [-0.15, -0.1) is 0 Å². The monoisotopic (exact) mass is 350 g/mol. The van der Waals surface area contributed by atoms with Gasteiger partial charge >= 0.3 is 0 Å². The van der Waals surface area contributed by atoms with Crippen molar-refractivity contribution in [3.8, 4) is 17.2 Å². The summed E-state index contributed by atoms with van der Waals surface area (Å²) in [5.74, 6) is 0.333. The van der Waals surface area contributed by atoms with E-state index >= 15 is 0 Å². The van der Waals surface area contributed by atoms with E-state index < -0.39 is 5.91 Å². The van der Waals surface area contributed by atoms with Gasteiger partial charge in [0.05, 0.1) is 5.69 Å². The van der Waals surface area contributed by atoms with Crippen LogP contribution in [0.3, 0.4) is 0 Å². The van der Waals surface area contributed by atoms with Crippen LogP contribution in [0.2, 0.25) is 0 Å². The number of primary amides is 1. The first kappa shape index (κ1) is 15.7. The molecule has 4 rings (SSSR count). The van der Waals surface area contributed by atoms with Gasteiger partial charge in [0, 0.05) is 17.4 Å². The molecule has 1 aliphatic heterocycles. The highest BCUT2D eigenvalue weighted by molar-refractivity contribution is 6.04. The van der Waals surface area contributed by atoms with Gasteiger partial charge in [-0.3, -0.25) is 9.59 Å². The molecule has 0 saturated heterocycles. The number of carbonyl (C=O) groups excluding carboxylic acids is 2. The average Bonchev–Trinajstić information content (AvgIpc) is 3.31. The zero-order valence-corrected chi connectivity index (χ0v) is 13.5. The predicted octanol–water partition coefficient (Wildman–Crippen LogP) is 1.95. The van der Waals surface area contributed by atoms with Crippen molar-refractivity contribution >= 4 is 17.5 Å². The maximum atomic E-state index is 12.4. The number of aromatic nitrogens is 2. The third kappa shape index (κ3) is 2.95. The molecule has 0 unspecified atom stereocenters. The summed E-state index contributed by atoms with van der Waals surface area (Å²) in [5, 5.41) is 6.89. The van der Waals surface area contributed by atoms with Gasteiger partial charge in [-0.25, -0.2) is 4.68 Å². The normalized spacial score (nSPS) is 12.0. The van der Waals surface area contributed by atoms with Crippen LogP contribution in [0.5, 0.6) is 11.5 Å².